The first-order valence-corrected chi connectivity index (χ1v) is 11.4. The molecule has 2 N–H and O–H groups in total. The van der Waals surface area contributed by atoms with Gasteiger partial charge >= 0.3 is 0 Å². The number of hydrogen-bond acceptors (Lipinski definition) is 6. The lowest BCUT2D eigenvalue weighted by atomic mass is 10.2. The molecule has 0 aliphatic carbocycles. The van der Waals surface area contributed by atoms with Crippen LogP contribution in [0, 0.1) is 0 Å². The predicted octanol–water partition coefficient (Wildman–Crippen LogP) is 3.67. The zero-order valence-electron chi connectivity index (χ0n) is 19.8. The van der Waals surface area contributed by atoms with E-state index in [4.69, 9.17) is 19.2 Å². The third-order valence-electron chi connectivity index (χ3n) is 5.15. The summed E-state index contributed by atoms with van der Waals surface area (Å²) in [5, 5.41) is 6.77. The number of guanidine groups is 1. The highest BCUT2D eigenvalue weighted by Crippen LogP contribution is 2.23. The Morgan fingerprint density at radius 3 is 2.55 bits per heavy atom. The van der Waals surface area contributed by atoms with Crippen molar-refractivity contribution >= 4 is 29.9 Å². The predicted molar refractivity (Wildman–Crippen MR) is 142 cm³/mol. The lowest BCUT2D eigenvalue weighted by Gasteiger charge is -2.32. The van der Waals surface area contributed by atoms with Crippen LogP contribution in [0.4, 0.5) is 0 Å². The molecule has 0 spiro atoms. The van der Waals surface area contributed by atoms with Gasteiger partial charge in [0.1, 0.15) is 11.5 Å². The van der Waals surface area contributed by atoms with Gasteiger partial charge in [-0.05, 0) is 56.7 Å². The van der Waals surface area contributed by atoms with Gasteiger partial charge in [0.25, 0.3) is 0 Å². The van der Waals surface area contributed by atoms with E-state index in [0.717, 1.165) is 56.7 Å². The Morgan fingerprint density at radius 2 is 1.85 bits per heavy atom. The molecule has 1 aliphatic rings. The molecule has 0 radical (unpaired) electrons. The highest BCUT2D eigenvalue weighted by Gasteiger charge is 2.17. The summed E-state index contributed by atoms with van der Waals surface area (Å²) in [5.41, 5.74) is 1.03. The third-order valence-corrected chi connectivity index (χ3v) is 5.15. The van der Waals surface area contributed by atoms with E-state index in [1.807, 2.05) is 43.3 Å². The van der Waals surface area contributed by atoms with E-state index in [1.165, 1.54) is 0 Å². The summed E-state index contributed by atoms with van der Waals surface area (Å²) in [7, 11) is 0. The molecule has 1 aromatic carbocycles. The van der Waals surface area contributed by atoms with Gasteiger partial charge in [0.15, 0.2) is 5.96 Å². The summed E-state index contributed by atoms with van der Waals surface area (Å²) in [4.78, 5) is 11.5. The first-order valence-electron chi connectivity index (χ1n) is 11.4. The van der Waals surface area contributed by atoms with Crippen molar-refractivity contribution in [2.24, 2.45) is 4.99 Å². The number of morpholine rings is 1. The minimum absolute atomic E-state index is 0. The quantitative estimate of drug-likeness (QED) is 0.257. The fourth-order valence-corrected chi connectivity index (χ4v) is 3.40. The number of aliphatic imine (C=N–C) groups is 1. The van der Waals surface area contributed by atoms with Crippen molar-refractivity contribution in [1.82, 2.24) is 20.5 Å². The van der Waals surface area contributed by atoms with Crippen molar-refractivity contribution in [3.8, 4) is 17.4 Å². The molecule has 1 atom stereocenters. The maximum Gasteiger partial charge on any atom is 0.219 e. The van der Waals surface area contributed by atoms with Crippen LogP contribution < -0.4 is 20.1 Å². The molecule has 2 heterocycles. The number of nitrogens with one attached hydrogen (secondary N) is 2. The number of hydrogen-bond donors (Lipinski definition) is 2. The highest BCUT2D eigenvalue weighted by atomic mass is 127. The lowest BCUT2D eigenvalue weighted by Crippen LogP contribution is -2.49. The van der Waals surface area contributed by atoms with Gasteiger partial charge in [0, 0.05) is 44.5 Å². The largest absolute Gasteiger partial charge is 0.494 e. The molecule has 9 heteroatoms. The number of aromatic nitrogens is 1. The fourth-order valence-electron chi connectivity index (χ4n) is 3.40. The zero-order chi connectivity index (χ0) is 22.6. The van der Waals surface area contributed by atoms with E-state index in [0.29, 0.717) is 30.8 Å². The third kappa shape index (κ3) is 9.34. The summed E-state index contributed by atoms with van der Waals surface area (Å²) < 4.78 is 16.8. The fraction of sp³-hybridized carbons (Fsp3) is 0.500. The Labute approximate surface area is 214 Å². The van der Waals surface area contributed by atoms with Gasteiger partial charge < -0.3 is 24.8 Å². The van der Waals surface area contributed by atoms with Crippen molar-refractivity contribution in [2.75, 3.05) is 46.0 Å². The Bertz CT molecular complexity index is 844. The van der Waals surface area contributed by atoms with Crippen LogP contribution in [0.25, 0.3) is 0 Å². The van der Waals surface area contributed by atoms with Gasteiger partial charge in [-0.1, -0.05) is 0 Å². The first kappa shape index (κ1) is 27.1. The average Bonchev–Trinajstić information content (AvgIpc) is 2.83. The SMILES string of the molecule is CCNC(=NCc1ccnc(Oc2ccc(OCC)cc2)c1)NCC(C)N1CCOCC1.I. The molecule has 2 aromatic rings. The van der Waals surface area contributed by atoms with Gasteiger partial charge in [0.2, 0.25) is 5.88 Å². The minimum atomic E-state index is 0. The standard InChI is InChI=1S/C24H35N5O3.HI/c1-4-25-24(27-17-19(3)29-12-14-30-15-13-29)28-18-20-10-11-26-23(16-20)32-22-8-6-21(7-9-22)31-5-2;/h6-11,16,19H,4-5,12-15,17-18H2,1-3H3,(H2,25,27,28);1H. The van der Waals surface area contributed by atoms with E-state index in [2.05, 4.69) is 34.4 Å². The number of ether oxygens (including phenoxy) is 3. The van der Waals surface area contributed by atoms with Crippen LogP contribution in [0.2, 0.25) is 0 Å². The highest BCUT2D eigenvalue weighted by molar-refractivity contribution is 14.0. The number of halogens is 1. The van der Waals surface area contributed by atoms with Crippen LogP contribution in [-0.4, -0.2) is 67.9 Å². The summed E-state index contributed by atoms with van der Waals surface area (Å²) in [5.74, 6) is 2.88. The van der Waals surface area contributed by atoms with Crippen molar-refractivity contribution < 1.29 is 14.2 Å². The Kier molecular flexibility index (Phi) is 12.3. The number of benzene rings is 1. The van der Waals surface area contributed by atoms with Crippen LogP contribution >= 0.6 is 24.0 Å². The molecule has 1 aromatic heterocycles. The van der Waals surface area contributed by atoms with E-state index in [-0.39, 0.29) is 24.0 Å². The maximum absolute atomic E-state index is 5.89. The molecule has 182 valence electrons. The van der Waals surface area contributed by atoms with Crippen molar-refractivity contribution in [3.63, 3.8) is 0 Å². The van der Waals surface area contributed by atoms with Crippen molar-refractivity contribution in [3.05, 3.63) is 48.2 Å². The van der Waals surface area contributed by atoms with Crippen LogP contribution in [0.15, 0.2) is 47.6 Å². The molecule has 0 bridgehead atoms. The smallest absolute Gasteiger partial charge is 0.219 e. The molecule has 1 fully saturated rings. The maximum atomic E-state index is 5.89. The molecule has 0 amide bonds. The van der Waals surface area contributed by atoms with E-state index in [9.17, 15) is 0 Å². The van der Waals surface area contributed by atoms with E-state index >= 15 is 0 Å². The van der Waals surface area contributed by atoms with Gasteiger partial charge in [-0.15, -0.1) is 24.0 Å². The van der Waals surface area contributed by atoms with Gasteiger partial charge in [-0.2, -0.15) is 0 Å². The molecule has 1 aliphatic heterocycles. The molecular formula is C24H36IN5O3. The number of pyridine rings is 1. The zero-order valence-corrected chi connectivity index (χ0v) is 22.1. The monoisotopic (exact) mass is 569 g/mol. The van der Waals surface area contributed by atoms with E-state index < -0.39 is 0 Å². The molecule has 0 saturated carbocycles. The van der Waals surface area contributed by atoms with Gasteiger partial charge in [0.05, 0.1) is 26.4 Å². The van der Waals surface area contributed by atoms with Gasteiger partial charge in [-0.3, -0.25) is 4.90 Å². The second-order valence-corrected chi connectivity index (χ2v) is 7.58. The Balaban J connectivity index is 0.00000385. The molecule has 33 heavy (non-hydrogen) atoms. The second kappa shape index (κ2) is 14.9. The summed E-state index contributed by atoms with van der Waals surface area (Å²) >= 11 is 0. The van der Waals surface area contributed by atoms with Crippen LogP contribution in [-0.2, 0) is 11.3 Å². The average molecular weight is 569 g/mol. The van der Waals surface area contributed by atoms with Crippen LogP contribution in [0.3, 0.4) is 0 Å². The second-order valence-electron chi connectivity index (χ2n) is 7.58. The van der Waals surface area contributed by atoms with Crippen LogP contribution in [0.5, 0.6) is 17.4 Å². The summed E-state index contributed by atoms with van der Waals surface area (Å²) in [6, 6.07) is 11.8. The summed E-state index contributed by atoms with van der Waals surface area (Å²) in [6.45, 7) is 12.6. The van der Waals surface area contributed by atoms with Crippen molar-refractivity contribution in [1.29, 1.82) is 0 Å². The van der Waals surface area contributed by atoms with Gasteiger partial charge in [-0.25, -0.2) is 9.98 Å². The molecule has 1 saturated heterocycles. The number of nitrogens with zero attached hydrogens (tertiary/aromatic N) is 3. The minimum Gasteiger partial charge on any atom is -0.494 e. The van der Waals surface area contributed by atoms with Crippen molar-refractivity contribution in [2.45, 2.75) is 33.4 Å². The molecule has 3 rings (SSSR count). The molecule has 1 unspecified atom stereocenters. The number of rotatable bonds is 10. The Hall–Kier alpha value is -2.11. The Morgan fingerprint density at radius 1 is 1.12 bits per heavy atom. The first-order chi connectivity index (χ1) is 15.7. The lowest BCUT2D eigenvalue weighted by molar-refractivity contribution is 0.0211. The van der Waals surface area contributed by atoms with E-state index in [1.54, 1.807) is 6.20 Å². The normalized spacial score (nSPS) is 15.3. The topological polar surface area (TPSA) is 80.2 Å². The molecule has 8 nitrogen and oxygen atoms in total. The summed E-state index contributed by atoms with van der Waals surface area (Å²) in [6.07, 6.45) is 1.75. The van der Waals surface area contributed by atoms with Crippen LogP contribution in [0.1, 0.15) is 26.3 Å². The molecular weight excluding hydrogens is 533 g/mol.